The first-order valence-electron chi connectivity index (χ1n) is 32.2. The molecule has 2 aromatic carbocycles. The summed E-state index contributed by atoms with van der Waals surface area (Å²) in [5.41, 5.74) is 40.6. The first kappa shape index (κ1) is 78.5. The Labute approximate surface area is 558 Å². The van der Waals surface area contributed by atoms with Crippen LogP contribution in [0.15, 0.2) is 65.7 Å². The molecule has 13 amide bonds. The highest BCUT2D eigenvalue weighted by molar-refractivity contribution is 7.98. The monoisotopic (exact) mass is 1350 g/mol. The van der Waals surface area contributed by atoms with E-state index in [1.807, 2.05) is 20.1 Å². The lowest BCUT2D eigenvalue weighted by Gasteiger charge is -2.32. The third kappa shape index (κ3) is 27.5. The van der Waals surface area contributed by atoms with Crippen LogP contribution in [0.3, 0.4) is 0 Å². The first-order chi connectivity index (χ1) is 45.2. The van der Waals surface area contributed by atoms with E-state index >= 15 is 0 Å². The summed E-state index contributed by atoms with van der Waals surface area (Å²) in [6.45, 7) is 3.86. The zero-order valence-corrected chi connectivity index (χ0v) is 55.3. The van der Waals surface area contributed by atoms with E-state index in [4.69, 9.17) is 40.1 Å². The fraction of sp³-hybridized carbons (Fsp3) is 0.587. The van der Waals surface area contributed by atoms with Gasteiger partial charge in [-0.2, -0.15) is 11.8 Å². The molecule has 4 rings (SSSR count). The lowest BCUT2D eigenvalue weighted by atomic mass is 10.0. The van der Waals surface area contributed by atoms with E-state index < -0.39 is 169 Å². The van der Waals surface area contributed by atoms with Gasteiger partial charge in [-0.15, -0.1) is 0 Å². The molecule has 0 radical (unpaired) electrons. The number of nitrogens with zero attached hydrogens (tertiary/aromatic N) is 3. The fourth-order valence-corrected chi connectivity index (χ4v) is 11.5. The number of unbranched alkanes of at least 4 members (excludes halogenated alkanes) is 1. The minimum absolute atomic E-state index is 0.0736. The van der Waals surface area contributed by atoms with Gasteiger partial charge in [0.25, 0.3) is 0 Å². The molecule has 32 heteroatoms. The van der Waals surface area contributed by atoms with Crippen molar-refractivity contribution in [2.24, 2.45) is 51.0 Å². The van der Waals surface area contributed by atoms with Crippen LogP contribution in [-0.2, 0) is 75.2 Å². The average molecular weight is 1350 g/mol. The van der Waals surface area contributed by atoms with Crippen molar-refractivity contribution in [3.8, 4) is 0 Å². The molecule has 2 aromatic rings. The smallest absolute Gasteiger partial charge is 0.245 e. The lowest BCUT2D eigenvalue weighted by Crippen LogP contribution is -2.60. The van der Waals surface area contributed by atoms with E-state index in [0.717, 1.165) is 0 Å². The van der Waals surface area contributed by atoms with Gasteiger partial charge in [0.1, 0.15) is 54.4 Å². The number of primary amides is 3. The lowest BCUT2D eigenvalue weighted by molar-refractivity contribution is -0.144. The number of carbonyl (C=O) groups excluding carboxylic acids is 13. The van der Waals surface area contributed by atoms with Crippen molar-refractivity contribution in [2.45, 2.75) is 183 Å². The maximum Gasteiger partial charge on any atom is 0.245 e. The number of nitrogens with one attached hydrogen (secondary N) is 8. The second-order valence-corrected chi connectivity index (χ2v) is 25.1. The summed E-state index contributed by atoms with van der Waals surface area (Å²) in [5, 5.41) is 21.1. The molecule has 0 aliphatic carbocycles. The summed E-state index contributed by atoms with van der Waals surface area (Å²) >= 11 is 1.45. The van der Waals surface area contributed by atoms with Gasteiger partial charge in [0.05, 0.1) is 12.6 Å². The normalized spacial score (nSPS) is 16.8. The van der Waals surface area contributed by atoms with Crippen molar-refractivity contribution in [3.05, 3.63) is 71.8 Å². The zero-order chi connectivity index (χ0) is 70.1. The van der Waals surface area contributed by atoms with Crippen molar-refractivity contribution >= 4 is 94.5 Å². The van der Waals surface area contributed by atoms with Crippen molar-refractivity contribution < 1.29 is 62.3 Å². The topological polar surface area (TPSA) is 519 Å². The number of thioether (sulfide) groups is 1. The van der Waals surface area contributed by atoms with Gasteiger partial charge in [0.15, 0.2) is 5.96 Å². The fourth-order valence-electron chi connectivity index (χ4n) is 11.0. The molecule has 22 N–H and O–H groups in total. The maximum atomic E-state index is 14.7. The van der Waals surface area contributed by atoms with Crippen LogP contribution < -0.4 is 82.7 Å². The molecule has 2 heterocycles. The molecule has 10 atom stereocenters. The maximum absolute atomic E-state index is 14.7. The van der Waals surface area contributed by atoms with E-state index in [1.54, 1.807) is 60.7 Å². The number of nitrogens with two attached hydrogens (primary N) is 7. The number of aliphatic imine (C=N–C) groups is 1. The largest absolute Gasteiger partial charge is 0.370 e. The predicted octanol–water partition coefficient (Wildman–Crippen LogP) is -3.71. The molecule has 0 saturated carbocycles. The Morgan fingerprint density at radius 3 is 1.51 bits per heavy atom. The van der Waals surface area contributed by atoms with Crippen molar-refractivity contribution in [3.63, 3.8) is 0 Å². The Morgan fingerprint density at radius 1 is 0.537 bits per heavy atom. The van der Waals surface area contributed by atoms with Crippen LogP contribution in [0, 0.1) is 5.92 Å². The van der Waals surface area contributed by atoms with Gasteiger partial charge < -0.3 is 92.5 Å². The molecule has 2 fully saturated rings. The van der Waals surface area contributed by atoms with E-state index in [-0.39, 0.29) is 83.0 Å². The Hall–Kier alpha value is -8.91. The highest BCUT2D eigenvalue weighted by Gasteiger charge is 2.42. The van der Waals surface area contributed by atoms with Gasteiger partial charge in [-0.05, 0) is 119 Å². The number of amides is 13. The van der Waals surface area contributed by atoms with Gasteiger partial charge in [0.2, 0.25) is 76.8 Å². The number of hydrogen-bond acceptors (Lipinski definition) is 17. The first-order valence-corrected chi connectivity index (χ1v) is 33.6. The van der Waals surface area contributed by atoms with Crippen LogP contribution in [0.2, 0.25) is 0 Å². The van der Waals surface area contributed by atoms with Gasteiger partial charge in [0, 0.05) is 45.3 Å². The number of benzene rings is 2. The van der Waals surface area contributed by atoms with E-state index in [0.29, 0.717) is 55.4 Å². The number of likely N-dealkylation sites (tertiary alicyclic amines) is 2. The zero-order valence-electron chi connectivity index (χ0n) is 54.5. The minimum Gasteiger partial charge on any atom is -0.370 e. The Bertz CT molecular complexity index is 2960. The van der Waals surface area contributed by atoms with Gasteiger partial charge in [-0.3, -0.25) is 67.3 Å². The molecule has 0 aromatic heterocycles. The summed E-state index contributed by atoms with van der Waals surface area (Å²) in [4.78, 5) is 185. The summed E-state index contributed by atoms with van der Waals surface area (Å²) < 4.78 is 0. The van der Waals surface area contributed by atoms with Crippen molar-refractivity contribution in [1.82, 2.24) is 52.3 Å². The van der Waals surface area contributed by atoms with Crippen molar-refractivity contribution in [2.75, 3.05) is 44.7 Å². The SMILES string of the molecule is CSCC[C@H](NC(=O)[C@@H](CC(C)C)NC(=O)CNC(=O)[C@H](Cc1ccccc1)NC(=O)[C@@H](Cc1ccccc1)NC(=O)[C@@H](CCC(N)=O)NC(=O)[C@@H](CCC(N)=O)NC(=O)[C@@H]1CCCN1C(=O)[C@H](CCCCN)NC(=O)[C@H]1CCCN1C(=O)[C@@H](N)CCCN=C(N)N)C(N)=O. The summed E-state index contributed by atoms with van der Waals surface area (Å²) in [6.07, 6.45) is 3.12. The second kappa shape index (κ2) is 41.0. The third-order valence-corrected chi connectivity index (χ3v) is 16.7. The number of carbonyl (C=O) groups is 13. The predicted molar refractivity (Wildman–Crippen MR) is 356 cm³/mol. The van der Waals surface area contributed by atoms with Crippen LogP contribution in [0.5, 0.6) is 0 Å². The molecule has 524 valence electrons. The van der Waals surface area contributed by atoms with Gasteiger partial charge in [-0.25, -0.2) is 0 Å². The molecule has 2 aliphatic rings. The summed E-state index contributed by atoms with van der Waals surface area (Å²) in [5.74, 6) is -9.80. The summed E-state index contributed by atoms with van der Waals surface area (Å²) in [6, 6.07) is 4.51. The Kier molecular flexibility index (Phi) is 33.9. The standard InChI is InChI=1S/C63H98N18O13S/c1-37(2)33-45(57(89)74-41(53(68)85)27-32-95-3)73-52(84)36-72-54(86)46(34-38-15-6-4-7-16-38)78-58(90)47(35-39-17-8-5-9-18-39)79-56(88)42(23-25-50(66)82)75-55(87)43(24-26-51(67)83)76-59(91)49-22-14-31-81(49)62(94)44(20-10-11-28-64)77-60(92)48-21-13-30-80(48)61(93)40(65)19-12-29-71-63(69)70/h4-9,15-18,37,40-49H,10-14,19-36,64-65H2,1-3H3,(H2,66,82)(H2,67,83)(H2,68,85)(H,72,86)(H,73,84)(H,74,89)(H,75,87)(H,76,91)(H,77,92)(H,78,90)(H,79,88)(H4,69,70,71)/t40-,41-,42+,43+,44-,45+,46-,47+,48+,49-/m0/s1. The van der Waals surface area contributed by atoms with Crippen LogP contribution in [0.4, 0.5) is 0 Å². The van der Waals surface area contributed by atoms with Crippen molar-refractivity contribution in [1.29, 1.82) is 0 Å². The van der Waals surface area contributed by atoms with E-state index in [1.165, 1.54) is 21.6 Å². The Balaban J connectivity index is 1.56. The summed E-state index contributed by atoms with van der Waals surface area (Å²) in [7, 11) is 0. The molecule has 2 aliphatic heterocycles. The number of guanidine groups is 1. The Morgan fingerprint density at radius 2 is 1.01 bits per heavy atom. The molecule has 95 heavy (non-hydrogen) atoms. The quantitative estimate of drug-likeness (QED) is 0.0173. The molecule has 0 spiro atoms. The van der Waals surface area contributed by atoms with E-state index in [2.05, 4.69) is 47.5 Å². The molecule has 0 unspecified atom stereocenters. The molecular weight excluding hydrogens is 1250 g/mol. The molecular formula is C63H98N18O13S. The number of rotatable bonds is 42. The van der Waals surface area contributed by atoms with Gasteiger partial charge >= 0.3 is 0 Å². The van der Waals surface area contributed by atoms with Crippen LogP contribution in [-0.4, -0.2) is 198 Å². The highest BCUT2D eigenvalue weighted by atomic mass is 32.2. The van der Waals surface area contributed by atoms with Crippen LogP contribution in [0.25, 0.3) is 0 Å². The minimum atomic E-state index is -1.64. The molecule has 2 saturated heterocycles. The molecule has 0 bridgehead atoms. The third-order valence-electron chi connectivity index (χ3n) is 16.0. The van der Waals surface area contributed by atoms with E-state index in [9.17, 15) is 62.3 Å². The van der Waals surface area contributed by atoms with Crippen LogP contribution >= 0.6 is 11.8 Å². The number of hydrogen-bond donors (Lipinski definition) is 15. The van der Waals surface area contributed by atoms with Gasteiger partial charge in [-0.1, -0.05) is 74.5 Å². The second-order valence-electron chi connectivity index (χ2n) is 24.1. The van der Waals surface area contributed by atoms with Crippen LogP contribution in [0.1, 0.15) is 121 Å². The average Bonchev–Trinajstić information content (AvgIpc) is 1.74. The molecule has 31 nitrogen and oxygen atoms in total. The highest BCUT2D eigenvalue weighted by Crippen LogP contribution is 2.24.